The molecule has 0 saturated heterocycles. The summed E-state index contributed by atoms with van der Waals surface area (Å²) in [5, 5.41) is 2.66. The molecule has 5 nitrogen and oxygen atoms in total. The van der Waals surface area contributed by atoms with Crippen LogP contribution in [0.15, 0.2) is 12.3 Å². The van der Waals surface area contributed by atoms with Crippen LogP contribution in [-0.2, 0) is 4.79 Å². The van der Waals surface area contributed by atoms with Crippen LogP contribution in [0, 0.1) is 0 Å². The number of halogens is 1. The Bertz CT molecular complexity index is 345. The molecule has 15 heavy (non-hydrogen) atoms. The van der Waals surface area contributed by atoms with Crippen LogP contribution in [0.4, 0.5) is 5.82 Å². The minimum absolute atomic E-state index is 0.0943. The van der Waals surface area contributed by atoms with E-state index < -0.39 is 6.04 Å². The molecule has 0 radical (unpaired) electrons. The van der Waals surface area contributed by atoms with E-state index in [-0.39, 0.29) is 11.2 Å². The highest BCUT2D eigenvalue weighted by Gasteiger charge is 2.12. The van der Waals surface area contributed by atoms with Crippen molar-refractivity contribution < 1.29 is 4.79 Å². The van der Waals surface area contributed by atoms with Crippen molar-refractivity contribution in [1.29, 1.82) is 0 Å². The van der Waals surface area contributed by atoms with Gasteiger partial charge < -0.3 is 11.1 Å². The van der Waals surface area contributed by atoms with E-state index in [1.54, 1.807) is 6.07 Å². The van der Waals surface area contributed by atoms with Gasteiger partial charge in [-0.3, -0.25) is 4.79 Å². The molecule has 0 aromatic carbocycles. The van der Waals surface area contributed by atoms with Crippen molar-refractivity contribution in [2.45, 2.75) is 25.8 Å². The lowest BCUT2D eigenvalue weighted by molar-refractivity contribution is -0.117. The van der Waals surface area contributed by atoms with Crippen molar-refractivity contribution >= 4 is 23.3 Å². The van der Waals surface area contributed by atoms with E-state index >= 15 is 0 Å². The number of rotatable bonds is 4. The average molecular weight is 229 g/mol. The zero-order chi connectivity index (χ0) is 11.3. The van der Waals surface area contributed by atoms with Crippen molar-refractivity contribution in [3.63, 3.8) is 0 Å². The second-order valence-corrected chi connectivity index (χ2v) is 3.43. The van der Waals surface area contributed by atoms with Gasteiger partial charge in [0.1, 0.15) is 5.82 Å². The largest absolute Gasteiger partial charge is 0.320 e. The molecule has 1 rings (SSSR count). The first-order valence-electron chi connectivity index (χ1n) is 4.68. The maximum Gasteiger partial charge on any atom is 0.242 e. The lowest BCUT2D eigenvalue weighted by atomic mass is 10.2. The number of anilines is 1. The van der Waals surface area contributed by atoms with E-state index in [2.05, 4.69) is 15.3 Å². The summed E-state index contributed by atoms with van der Waals surface area (Å²) in [5.74, 6) is 0.109. The number of nitrogens with one attached hydrogen (secondary N) is 1. The van der Waals surface area contributed by atoms with E-state index in [1.165, 1.54) is 6.20 Å². The summed E-state index contributed by atoms with van der Waals surface area (Å²) >= 11 is 5.56. The van der Waals surface area contributed by atoms with Gasteiger partial charge >= 0.3 is 0 Å². The van der Waals surface area contributed by atoms with Crippen molar-refractivity contribution in [2.75, 3.05) is 5.32 Å². The lowest BCUT2D eigenvalue weighted by Crippen LogP contribution is -2.35. The Kier molecular flexibility index (Phi) is 4.45. The summed E-state index contributed by atoms with van der Waals surface area (Å²) in [6.07, 6.45) is 2.97. The first kappa shape index (κ1) is 11.9. The summed E-state index contributed by atoms with van der Waals surface area (Å²) in [4.78, 5) is 19.0. The van der Waals surface area contributed by atoms with Crippen molar-refractivity contribution in [3.05, 3.63) is 17.5 Å². The predicted octanol–water partition coefficient (Wildman–Crippen LogP) is 1.20. The van der Waals surface area contributed by atoms with Crippen molar-refractivity contribution in [2.24, 2.45) is 5.73 Å². The van der Waals surface area contributed by atoms with E-state index in [1.807, 2.05) is 6.92 Å². The highest BCUT2D eigenvalue weighted by Crippen LogP contribution is 2.06. The van der Waals surface area contributed by atoms with Gasteiger partial charge in [-0.05, 0) is 24.1 Å². The molecule has 1 aromatic heterocycles. The number of aromatic nitrogens is 2. The van der Waals surface area contributed by atoms with E-state index in [9.17, 15) is 4.79 Å². The normalized spacial score (nSPS) is 12.2. The fraction of sp³-hybridized carbons (Fsp3) is 0.444. The molecule has 0 spiro atoms. The van der Waals surface area contributed by atoms with Crippen LogP contribution in [0.3, 0.4) is 0 Å². The molecule has 0 aliphatic heterocycles. The standard InChI is InChI=1S/C9H13ClN4O/c1-2-3-6(11)8(15)13-7-4-5-12-9(10)14-7/h4-6H,2-3,11H2,1H3,(H,12,13,14,15)/t6-/m1/s1. The van der Waals surface area contributed by atoms with Crippen molar-refractivity contribution in [1.82, 2.24) is 9.97 Å². The van der Waals surface area contributed by atoms with Crippen LogP contribution in [0.1, 0.15) is 19.8 Å². The minimum atomic E-state index is -0.510. The summed E-state index contributed by atoms with van der Waals surface area (Å²) in [6.45, 7) is 1.97. The van der Waals surface area contributed by atoms with Gasteiger partial charge in [0.05, 0.1) is 6.04 Å². The predicted molar refractivity (Wildman–Crippen MR) is 58.6 cm³/mol. The summed E-state index contributed by atoms with van der Waals surface area (Å²) < 4.78 is 0. The van der Waals surface area contributed by atoms with Gasteiger partial charge in [-0.25, -0.2) is 9.97 Å². The molecule has 1 atom stereocenters. The molecule has 0 aliphatic carbocycles. The maximum absolute atomic E-state index is 11.5. The van der Waals surface area contributed by atoms with Crippen LogP contribution < -0.4 is 11.1 Å². The molecule has 0 fully saturated rings. The van der Waals surface area contributed by atoms with E-state index in [0.717, 1.165) is 6.42 Å². The van der Waals surface area contributed by atoms with Gasteiger partial charge in [-0.1, -0.05) is 13.3 Å². The topological polar surface area (TPSA) is 80.9 Å². The number of hydrogen-bond donors (Lipinski definition) is 2. The van der Waals surface area contributed by atoms with Crippen LogP contribution in [-0.4, -0.2) is 21.9 Å². The van der Waals surface area contributed by atoms with Gasteiger partial charge in [0.15, 0.2) is 0 Å². The summed E-state index contributed by atoms with van der Waals surface area (Å²) in [7, 11) is 0. The monoisotopic (exact) mass is 228 g/mol. The van der Waals surface area contributed by atoms with Gasteiger partial charge in [0.2, 0.25) is 11.2 Å². The molecule has 1 aromatic rings. The summed E-state index contributed by atoms with van der Waals surface area (Å²) in [6, 6.07) is 1.05. The zero-order valence-corrected chi connectivity index (χ0v) is 9.16. The van der Waals surface area contributed by atoms with Gasteiger partial charge in [-0.15, -0.1) is 0 Å². The molecular formula is C9H13ClN4O. The maximum atomic E-state index is 11.5. The lowest BCUT2D eigenvalue weighted by Gasteiger charge is -2.10. The third-order valence-corrected chi connectivity index (χ3v) is 2.00. The SMILES string of the molecule is CCC[C@@H](N)C(=O)Nc1ccnc(Cl)n1. The third kappa shape index (κ3) is 3.81. The molecule has 3 N–H and O–H groups in total. The molecule has 0 aliphatic rings. The Morgan fingerprint density at radius 3 is 3.07 bits per heavy atom. The molecule has 82 valence electrons. The Morgan fingerprint density at radius 2 is 2.47 bits per heavy atom. The highest BCUT2D eigenvalue weighted by molar-refractivity contribution is 6.28. The number of carbonyl (C=O) groups is 1. The fourth-order valence-corrected chi connectivity index (χ4v) is 1.21. The first-order chi connectivity index (χ1) is 7.13. The molecule has 0 bridgehead atoms. The molecule has 1 heterocycles. The Labute approximate surface area is 93.0 Å². The number of carbonyl (C=O) groups excluding carboxylic acids is 1. The second-order valence-electron chi connectivity index (χ2n) is 3.10. The molecular weight excluding hydrogens is 216 g/mol. The fourth-order valence-electron chi connectivity index (χ4n) is 1.07. The van der Waals surface area contributed by atoms with Crippen LogP contribution in [0.2, 0.25) is 5.28 Å². The number of hydrogen-bond acceptors (Lipinski definition) is 4. The average Bonchev–Trinajstić information content (AvgIpc) is 2.18. The van der Waals surface area contributed by atoms with Crippen molar-refractivity contribution in [3.8, 4) is 0 Å². The molecule has 0 unspecified atom stereocenters. The van der Waals surface area contributed by atoms with Crippen LogP contribution >= 0.6 is 11.6 Å². The van der Waals surface area contributed by atoms with Crippen LogP contribution in [0.25, 0.3) is 0 Å². The third-order valence-electron chi connectivity index (χ3n) is 1.81. The van der Waals surface area contributed by atoms with Gasteiger partial charge in [0, 0.05) is 6.20 Å². The molecule has 1 amide bonds. The van der Waals surface area contributed by atoms with Gasteiger partial charge in [-0.2, -0.15) is 0 Å². The summed E-state index contributed by atoms with van der Waals surface area (Å²) in [5.41, 5.74) is 5.63. The number of nitrogens with zero attached hydrogens (tertiary/aromatic N) is 2. The number of amides is 1. The zero-order valence-electron chi connectivity index (χ0n) is 8.40. The smallest absolute Gasteiger partial charge is 0.242 e. The number of nitrogens with two attached hydrogens (primary N) is 1. The Hall–Kier alpha value is -1.20. The second kappa shape index (κ2) is 5.63. The molecule has 0 saturated carbocycles. The Balaban J connectivity index is 2.58. The minimum Gasteiger partial charge on any atom is -0.320 e. The quantitative estimate of drug-likeness (QED) is 0.759. The van der Waals surface area contributed by atoms with Crippen LogP contribution in [0.5, 0.6) is 0 Å². The van der Waals surface area contributed by atoms with E-state index in [0.29, 0.717) is 12.2 Å². The van der Waals surface area contributed by atoms with Gasteiger partial charge in [0.25, 0.3) is 0 Å². The Morgan fingerprint density at radius 1 is 1.73 bits per heavy atom. The van der Waals surface area contributed by atoms with E-state index in [4.69, 9.17) is 17.3 Å². The highest BCUT2D eigenvalue weighted by atomic mass is 35.5. The first-order valence-corrected chi connectivity index (χ1v) is 5.06. The molecule has 6 heteroatoms.